The molecular formula is C13H18O3. The first kappa shape index (κ1) is 12.6. The molecule has 0 atom stereocenters. The van der Waals surface area contributed by atoms with E-state index in [2.05, 4.69) is 6.92 Å². The molecule has 0 heterocycles. The Morgan fingerprint density at radius 3 is 2.75 bits per heavy atom. The summed E-state index contributed by atoms with van der Waals surface area (Å²) in [7, 11) is 0. The van der Waals surface area contributed by atoms with Crippen LogP contribution in [0.25, 0.3) is 0 Å². The number of carbonyl (C=O) groups excluding carboxylic acids is 1. The second-order valence-corrected chi connectivity index (χ2v) is 3.75. The first-order valence-electron chi connectivity index (χ1n) is 5.69. The molecule has 0 aliphatic heterocycles. The fourth-order valence-corrected chi connectivity index (χ4v) is 1.43. The van der Waals surface area contributed by atoms with Gasteiger partial charge in [0.2, 0.25) is 0 Å². The summed E-state index contributed by atoms with van der Waals surface area (Å²) in [6, 6.07) is 4.73. The van der Waals surface area contributed by atoms with Crippen molar-refractivity contribution in [3.8, 4) is 11.5 Å². The van der Waals surface area contributed by atoms with Crippen molar-refractivity contribution >= 4 is 6.29 Å². The van der Waals surface area contributed by atoms with E-state index >= 15 is 0 Å². The molecule has 16 heavy (non-hydrogen) atoms. The van der Waals surface area contributed by atoms with E-state index in [1.165, 1.54) is 18.9 Å². The van der Waals surface area contributed by atoms with Crippen molar-refractivity contribution in [1.29, 1.82) is 0 Å². The summed E-state index contributed by atoms with van der Waals surface area (Å²) in [6.07, 6.45) is 5.23. The molecule has 0 bridgehead atoms. The summed E-state index contributed by atoms with van der Waals surface area (Å²) < 4.78 is 5.46. The van der Waals surface area contributed by atoms with E-state index in [-0.39, 0.29) is 5.75 Å². The third-order valence-corrected chi connectivity index (χ3v) is 2.40. The zero-order valence-electron chi connectivity index (χ0n) is 9.61. The maximum Gasteiger partial charge on any atom is 0.153 e. The molecular weight excluding hydrogens is 204 g/mol. The van der Waals surface area contributed by atoms with Gasteiger partial charge in [-0.3, -0.25) is 4.79 Å². The molecule has 1 aromatic carbocycles. The van der Waals surface area contributed by atoms with Crippen molar-refractivity contribution < 1.29 is 14.6 Å². The number of rotatable bonds is 7. The van der Waals surface area contributed by atoms with Crippen LogP contribution in [0.1, 0.15) is 43.0 Å². The van der Waals surface area contributed by atoms with Gasteiger partial charge >= 0.3 is 0 Å². The normalized spacial score (nSPS) is 10.1. The highest BCUT2D eigenvalue weighted by atomic mass is 16.5. The Kier molecular flexibility index (Phi) is 5.40. The standard InChI is InChI=1S/C13H18O3/c1-2-3-4-5-8-16-12-7-6-11(10-14)13(15)9-12/h6-7,9-10,15H,2-5,8H2,1H3. The van der Waals surface area contributed by atoms with Crippen LogP contribution in [0.5, 0.6) is 11.5 Å². The van der Waals surface area contributed by atoms with Crippen molar-refractivity contribution in [2.75, 3.05) is 6.61 Å². The summed E-state index contributed by atoms with van der Waals surface area (Å²) >= 11 is 0. The van der Waals surface area contributed by atoms with Crippen LogP contribution in [0, 0.1) is 0 Å². The van der Waals surface area contributed by atoms with Gasteiger partial charge in [0.15, 0.2) is 6.29 Å². The van der Waals surface area contributed by atoms with E-state index in [0.29, 0.717) is 24.2 Å². The fourth-order valence-electron chi connectivity index (χ4n) is 1.43. The second kappa shape index (κ2) is 6.88. The largest absolute Gasteiger partial charge is 0.507 e. The van der Waals surface area contributed by atoms with Gasteiger partial charge < -0.3 is 9.84 Å². The summed E-state index contributed by atoms with van der Waals surface area (Å²) in [5.74, 6) is 0.584. The molecule has 1 aromatic rings. The molecule has 1 rings (SSSR count). The molecule has 0 aromatic heterocycles. The molecule has 1 N–H and O–H groups in total. The number of phenols is 1. The lowest BCUT2D eigenvalue weighted by molar-refractivity contribution is 0.112. The maximum atomic E-state index is 10.5. The summed E-state index contributed by atoms with van der Waals surface area (Å²) in [5, 5.41) is 9.42. The molecule has 0 saturated carbocycles. The number of carbonyl (C=O) groups is 1. The summed E-state index contributed by atoms with van der Waals surface area (Å²) in [6.45, 7) is 2.82. The molecule has 0 fully saturated rings. The van der Waals surface area contributed by atoms with Gasteiger partial charge in [-0.1, -0.05) is 26.2 Å². The number of ether oxygens (including phenoxy) is 1. The Hall–Kier alpha value is -1.51. The smallest absolute Gasteiger partial charge is 0.153 e. The second-order valence-electron chi connectivity index (χ2n) is 3.75. The number of hydrogen-bond donors (Lipinski definition) is 1. The molecule has 88 valence electrons. The quantitative estimate of drug-likeness (QED) is 0.569. The maximum absolute atomic E-state index is 10.5. The zero-order valence-corrected chi connectivity index (χ0v) is 9.61. The van der Waals surface area contributed by atoms with E-state index in [4.69, 9.17) is 4.74 Å². The first-order chi connectivity index (χ1) is 7.77. The van der Waals surface area contributed by atoms with Crippen LogP contribution >= 0.6 is 0 Å². The SMILES string of the molecule is CCCCCCOc1ccc(C=O)c(O)c1. The van der Waals surface area contributed by atoms with Gasteiger partial charge in [0, 0.05) is 6.07 Å². The zero-order chi connectivity index (χ0) is 11.8. The minimum absolute atomic E-state index is 0.0268. The highest BCUT2D eigenvalue weighted by Gasteiger charge is 2.01. The average Bonchev–Trinajstić information content (AvgIpc) is 2.29. The van der Waals surface area contributed by atoms with Gasteiger partial charge in [-0.25, -0.2) is 0 Å². The van der Waals surface area contributed by atoms with E-state index in [0.717, 1.165) is 12.8 Å². The highest BCUT2D eigenvalue weighted by molar-refractivity contribution is 5.79. The Balaban J connectivity index is 2.37. The lowest BCUT2D eigenvalue weighted by atomic mass is 10.2. The first-order valence-corrected chi connectivity index (χ1v) is 5.69. The predicted octanol–water partition coefficient (Wildman–Crippen LogP) is 3.16. The topological polar surface area (TPSA) is 46.5 Å². The number of hydrogen-bond acceptors (Lipinski definition) is 3. The molecule has 3 heteroatoms. The van der Waals surface area contributed by atoms with Gasteiger partial charge in [-0.15, -0.1) is 0 Å². The van der Waals surface area contributed by atoms with Crippen LogP contribution < -0.4 is 4.74 Å². The molecule has 0 aliphatic carbocycles. The van der Waals surface area contributed by atoms with Crippen molar-refractivity contribution in [2.24, 2.45) is 0 Å². The van der Waals surface area contributed by atoms with Crippen molar-refractivity contribution in [2.45, 2.75) is 32.6 Å². The van der Waals surface area contributed by atoms with Crippen LogP contribution in [-0.4, -0.2) is 18.0 Å². The molecule has 0 aliphatic rings. The molecule has 0 radical (unpaired) electrons. The molecule has 0 unspecified atom stereocenters. The number of phenolic OH excluding ortho intramolecular Hbond substituents is 1. The Bertz CT molecular complexity index is 334. The van der Waals surface area contributed by atoms with Crippen LogP contribution in [0.4, 0.5) is 0 Å². The third-order valence-electron chi connectivity index (χ3n) is 2.40. The minimum atomic E-state index is -0.0268. The monoisotopic (exact) mass is 222 g/mol. The van der Waals surface area contributed by atoms with Gasteiger partial charge in [0.1, 0.15) is 11.5 Å². The highest BCUT2D eigenvalue weighted by Crippen LogP contribution is 2.22. The van der Waals surface area contributed by atoms with Crippen LogP contribution in [0.3, 0.4) is 0 Å². The summed E-state index contributed by atoms with van der Waals surface area (Å²) in [5.41, 5.74) is 0.290. The number of unbranched alkanes of at least 4 members (excludes halogenated alkanes) is 3. The van der Waals surface area contributed by atoms with Crippen molar-refractivity contribution in [3.05, 3.63) is 23.8 Å². The van der Waals surface area contributed by atoms with Crippen LogP contribution in [-0.2, 0) is 0 Å². The molecule has 0 amide bonds. The lowest BCUT2D eigenvalue weighted by Gasteiger charge is -2.06. The number of aldehydes is 1. The van der Waals surface area contributed by atoms with Crippen molar-refractivity contribution in [1.82, 2.24) is 0 Å². The minimum Gasteiger partial charge on any atom is -0.507 e. The lowest BCUT2D eigenvalue weighted by Crippen LogP contribution is -1.97. The number of aromatic hydroxyl groups is 1. The van der Waals surface area contributed by atoms with Crippen LogP contribution in [0.2, 0.25) is 0 Å². The molecule has 3 nitrogen and oxygen atoms in total. The van der Waals surface area contributed by atoms with E-state index in [1.807, 2.05) is 0 Å². The Morgan fingerprint density at radius 1 is 1.31 bits per heavy atom. The van der Waals surface area contributed by atoms with E-state index in [9.17, 15) is 9.90 Å². The van der Waals surface area contributed by atoms with Gasteiger partial charge in [-0.2, -0.15) is 0 Å². The average molecular weight is 222 g/mol. The number of benzene rings is 1. The van der Waals surface area contributed by atoms with Gasteiger partial charge in [-0.05, 0) is 18.6 Å². The molecule has 0 saturated heterocycles. The fraction of sp³-hybridized carbons (Fsp3) is 0.462. The van der Waals surface area contributed by atoms with E-state index < -0.39 is 0 Å². The van der Waals surface area contributed by atoms with Gasteiger partial charge in [0.25, 0.3) is 0 Å². The Morgan fingerprint density at radius 2 is 2.12 bits per heavy atom. The molecule has 0 spiro atoms. The predicted molar refractivity (Wildman–Crippen MR) is 63.1 cm³/mol. The summed E-state index contributed by atoms with van der Waals surface area (Å²) in [4.78, 5) is 10.5. The van der Waals surface area contributed by atoms with E-state index in [1.54, 1.807) is 12.1 Å². The van der Waals surface area contributed by atoms with Crippen LogP contribution in [0.15, 0.2) is 18.2 Å². The Labute approximate surface area is 96.1 Å². The third kappa shape index (κ3) is 3.93. The van der Waals surface area contributed by atoms with Crippen molar-refractivity contribution in [3.63, 3.8) is 0 Å². The van der Waals surface area contributed by atoms with Gasteiger partial charge in [0.05, 0.1) is 12.2 Å².